The summed E-state index contributed by atoms with van der Waals surface area (Å²) < 4.78 is 6.78. The van der Waals surface area contributed by atoms with E-state index in [0.29, 0.717) is 38.8 Å². The minimum absolute atomic E-state index is 0.241. The fraction of sp³-hybridized carbons (Fsp3) is 0.0385. The van der Waals surface area contributed by atoms with E-state index in [9.17, 15) is 4.79 Å². The average molecular weight is 468 g/mol. The van der Waals surface area contributed by atoms with Crippen molar-refractivity contribution in [3.63, 3.8) is 0 Å². The molecular weight excluding hydrogens is 450 g/mol. The SMILES string of the molecule is Cc1nc2ccccc2c(=O)n1/N=C(\N=Nc1ccc(Cl)cc1)c1cccc(-c2ccco2)c1. The molecule has 0 unspecified atom stereocenters. The summed E-state index contributed by atoms with van der Waals surface area (Å²) in [6.45, 7) is 1.73. The second-order valence-electron chi connectivity index (χ2n) is 7.45. The Morgan fingerprint density at radius 1 is 0.971 bits per heavy atom. The molecule has 3 aromatic carbocycles. The van der Waals surface area contributed by atoms with Gasteiger partial charge in [0.25, 0.3) is 5.56 Å². The Morgan fingerprint density at radius 2 is 1.79 bits per heavy atom. The van der Waals surface area contributed by atoms with E-state index >= 15 is 0 Å². The highest BCUT2D eigenvalue weighted by atomic mass is 35.5. The van der Waals surface area contributed by atoms with Gasteiger partial charge in [-0.05, 0) is 61.5 Å². The predicted molar refractivity (Wildman–Crippen MR) is 133 cm³/mol. The second-order valence-corrected chi connectivity index (χ2v) is 7.89. The monoisotopic (exact) mass is 467 g/mol. The maximum Gasteiger partial charge on any atom is 0.282 e. The number of halogens is 1. The van der Waals surface area contributed by atoms with Crippen LogP contribution in [0.2, 0.25) is 5.02 Å². The number of hydrogen-bond donors (Lipinski definition) is 0. The smallest absolute Gasteiger partial charge is 0.282 e. The molecular formula is C26H18ClN5O2. The van der Waals surface area contributed by atoms with Crippen molar-refractivity contribution in [2.45, 2.75) is 6.92 Å². The van der Waals surface area contributed by atoms with Crippen LogP contribution in [-0.2, 0) is 0 Å². The zero-order chi connectivity index (χ0) is 23.5. The van der Waals surface area contributed by atoms with Gasteiger partial charge in [-0.2, -0.15) is 4.68 Å². The van der Waals surface area contributed by atoms with Crippen molar-refractivity contribution in [3.05, 3.63) is 118 Å². The van der Waals surface area contributed by atoms with E-state index < -0.39 is 0 Å². The van der Waals surface area contributed by atoms with Crippen LogP contribution in [0.3, 0.4) is 0 Å². The topological polar surface area (TPSA) is 85.1 Å². The van der Waals surface area contributed by atoms with Crippen LogP contribution in [0.1, 0.15) is 11.4 Å². The van der Waals surface area contributed by atoms with Crippen molar-refractivity contribution < 1.29 is 4.42 Å². The summed E-state index contributed by atoms with van der Waals surface area (Å²) in [7, 11) is 0. The van der Waals surface area contributed by atoms with Gasteiger partial charge < -0.3 is 4.42 Å². The molecule has 0 spiro atoms. The number of nitrogens with zero attached hydrogens (tertiary/aromatic N) is 5. The Balaban J connectivity index is 1.67. The van der Waals surface area contributed by atoms with Gasteiger partial charge in [0.15, 0.2) is 0 Å². The molecule has 0 saturated carbocycles. The third-order valence-electron chi connectivity index (χ3n) is 5.12. The summed E-state index contributed by atoms with van der Waals surface area (Å²) in [5.74, 6) is 1.38. The van der Waals surface area contributed by atoms with Crippen LogP contribution in [0, 0.1) is 6.92 Å². The fourth-order valence-electron chi connectivity index (χ4n) is 3.45. The molecule has 0 radical (unpaired) electrons. The first-order valence-corrected chi connectivity index (χ1v) is 10.9. The maximum absolute atomic E-state index is 13.2. The Morgan fingerprint density at radius 3 is 2.59 bits per heavy atom. The molecule has 0 N–H and O–H groups in total. The van der Waals surface area contributed by atoms with Crippen molar-refractivity contribution in [1.82, 2.24) is 9.66 Å². The number of rotatable bonds is 4. The number of fused-ring (bicyclic) bond motifs is 1. The van der Waals surface area contributed by atoms with Crippen LogP contribution < -0.4 is 5.56 Å². The van der Waals surface area contributed by atoms with Crippen LogP contribution in [0.15, 0.2) is 116 Å². The van der Waals surface area contributed by atoms with E-state index in [1.165, 1.54) is 4.68 Å². The first kappa shape index (κ1) is 21.5. The number of benzene rings is 3. The van der Waals surface area contributed by atoms with Crippen molar-refractivity contribution in [3.8, 4) is 11.3 Å². The lowest BCUT2D eigenvalue weighted by Crippen LogP contribution is -2.22. The van der Waals surface area contributed by atoms with E-state index in [4.69, 9.17) is 16.0 Å². The summed E-state index contributed by atoms with van der Waals surface area (Å²) in [6, 6.07) is 25.3. The van der Waals surface area contributed by atoms with Gasteiger partial charge in [-0.1, -0.05) is 41.9 Å². The number of para-hydroxylation sites is 1. The Hall–Kier alpha value is -4.36. The molecule has 0 fully saturated rings. The Labute approximate surface area is 199 Å². The van der Waals surface area contributed by atoms with Gasteiger partial charge in [0.1, 0.15) is 11.6 Å². The molecule has 7 nitrogen and oxygen atoms in total. The fourth-order valence-corrected chi connectivity index (χ4v) is 3.58. The van der Waals surface area contributed by atoms with E-state index in [0.717, 1.165) is 5.56 Å². The maximum atomic E-state index is 13.2. The summed E-state index contributed by atoms with van der Waals surface area (Å²) >= 11 is 5.98. The number of furan rings is 1. The van der Waals surface area contributed by atoms with Gasteiger partial charge >= 0.3 is 0 Å². The molecule has 5 aromatic rings. The van der Waals surface area contributed by atoms with Crippen molar-refractivity contribution >= 4 is 34.0 Å². The van der Waals surface area contributed by atoms with Crippen LogP contribution in [0.25, 0.3) is 22.2 Å². The Bertz CT molecular complexity index is 1590. The van der Waals surface area contributed by atoms with E-state index in [1.54, 1.807) is 55.7 Å². The van der Waals surface area contributed by atoms with Crippen molar-refractivity contribution in [1.29, 1.82) is 0 Å². The van der Waals surface area contributed by atoms with E-state index in [-0.39, 0.29) is 11.4 Å². The summed E-state index contributed by atoms with van der Waals surface area (Å²) in [4.78, 5) is 17.7. The number of azo groups is 1. The summed E-state index contributed by atoms with van der Waals surface area (Å²) in [5, 5.41) is 14.3. The lowest BCUT2D eigenvalue weighted by Gasteiger charge is -2.08. The van der Waals surface area contributed by atoms with Gasteiger partial charge in [-0.25, -0.2) is 4.98 Å². The second kappa shape index (κ2) is 9.25. The normalized spacial score (nSPS) is 12.0. The number of aryl methyl sites for hydroxylation is 1. The first-order valence-electron chi connectivity index (χ1n) is 10.5. The minimum Gasteiger partial charge on any atom is -0.464 e. The quantitative estimate of drug-likeness (QED) is 0.169. The van der Waals surface area contributed by atoms with Gasteiger partial charge in [-0.15, -0.1) is 15.3 Å². The predicted octanol–water partition coefficient (Wildman–Crippen LogP) is 6.61. The Kier molecular flexibility index (Phi) is 5.84. The van der Waals surface area contributed by atoms with Gasteiger partial charge in [0, 0.05) is 16.1 Å². The number of amidine groups is 1. The first-order chi connectivity index (χ1) is 16.6. The highest BCUT2D eigenvalue weighted by Crippen LogP contribution is 2.22. The third-order valence-corrected chi connectivity index (χ3v) is 5.38. The van der Waals surface area contributed by atoms with E-state index in [1.807, 2.05) is 42.5 Å². The molecule has 0 aliphatic carbocycles. The molecule has 0 saturated heterocycles. The van der Waals surface area contributed by atoms with Crippen molar-refractivity contribution in [2.24, 2.45) is 15.3 Å². The van der Waals surface area contributed by atoms with Crippen LogP contribution in [0.4, 0.5) is 5.69 Å². The standard InChI is InChI=1S/C26H18ClN5O2/c1-17-28-23-9-3-2-8-22(23)26(33)32(17)31-25(30-29-21-13-11-20(27)12-14-21)19-7-4-6-18(16-19)24-10-5-15-34-24/h2-16H,1H3/b30-29?,31-25-. The largest absolute Gasteiger partial charge is 0.464 e. The van der Waals surface area contributed by atoms with Crippen molar-refractivity contribution in [2.75, 3.05) is 0 Å². The number of hydrogen-bond acceptors (Lipinski definition) is 5. The molecule has 0 aliphatic rings. The van der Waals surface area contributed by atoms with E-state index in [2.05, 4.69) is 20.3 Å². The molecule has 2 aromatic heterocycles. The molecule has 8 heteroatoms. The molecule has 2 heterocycles. The molecule has 0 amide bonds. The molecule has 0 aliphatic heterocycles. The summed E-state index contributed by atoms with van der Waals surface area (Å²) in [6.07, 6.45) is 1.61. The van der Waals surface area contributed by atoms with Crippen LogP contribution >= 0.6 is 11.6 Å². The molecule has 0 bridgehead atoms. The average Bonchev–Trinajstić information content (AvgIpc) is 3.40. The zero-order valence-electron chi connectivity index (χ0n) is 18.1. The van der Waals surface area contributed by atoms with Crippen LogP contribution in [0.5, 0.6) is 0 Å². The minimum atomic E-state index is -0.288. The lowest BCUT2D eigenvalue weighted by molar-refractivity contribution is 0.582. The molecule has 166 valence electrons. The van der Waals surface area contributed by atoms with Crippen LogP contribution in [-0.4, -0.2) is 15.5 Å². The van der Waals surface area contributed by atoms with Gasteiger partial charge in [0.2, 0.25) is 5.84 Å². The number of aromatic nitrogens is 2. The zero-order valence-corrected chi connectivity index (χ0v) is 18.8. The molecule has 34 heavy (non-hydrogen) atoms. The van der Waals surface area contributed by atoms with Gasteiger partial charge in [0.05, 0.1) is 22.9 Å². The summed E-state index contributed by atoms with van der Waals surface area (Å²) in [5.41, 5.74) is 2.42. The third kappa shape index (κ3) is 4.42. The molecule has 5 rings (SSSR count). The highest BCUT2D eigenvalue weighted by Gasteiger charge is 2.12. The van der Waals surface area contributed by atoms with Gasteiger partial charge in [-0.3, -0.25) is 4.79 Å². The lowest BCUT2D eigenvalue weighted by atomic mass is 10.1. The highest BCUT2D eigenvalue weighted by molar-refractivity contribution is 6.30. The molecule has 0 atom stereocenters.